The molecule has 0 aromatic carbocycles. The summed E-state index contributed by atoms with van der Waals surface area (Å²) in [6.07, 6.45) is 1.91. The van der Waals surface area contributed by atoms with Crippen molar-refractivity contribution in [3.8, 4) is 0 Å². The van der Waals surface area contributed by atoms with Gasteiger partial charge in [0, 0.05) is 24.3 Å². The smallest absolute Gasteiger partial charge is 0.341 e. The van der Waals surface area contributed by atoms with Crippen LogP contribution >= 0.6 is 11.6 Å². The monoisotopic (exact) mass is 284 g/mol. The number of hydrogen-bond acceptors (Lipinski definition) is 5. The standard InChI is InChI=1S/C11H13ClN4O3/c1-2-8-6(10(12)15-14-8)3-13-4-9-7(11(17)18)5-19-16-9/h5,13H,2-4H2,1H3,(H,14,15)(H,17,18). The number of aromatic amines is 1. The van der Waals surface area contributed by atoms with E-state index in [1.807, 2.05) is 6.92 Å². The Labute approximate surface area is 113 Å². The molecule has 2 heterocycles. The minimum atomic E-state index is -1.06. The van der Waals surface area contributed by atoms with Crippen molar-refractivity contribution in [1.29, 1.82) is 0 Å². The van der Waals surface area contributed by atoms with Crippen LogP contribution in [0.1, 0.15) is 34.2 Å². The van der Waals surface area contributed by atoms with Crippen molar-refractivity contribution in [3.05, 3.63) is 33.9 Å². The second-order valence-electron chi connectivity index (χ2n) is 3.91. The molecule has 0 spiro atoms. The average molecular weight is 285 g/mol. The van der Waals surface area contributed by atoms with Gasteiger partial charge in [0.25, 0.3) is 0 Å². The maximum atomic E-state index is 10.9. The Kier molecular flexibility index (Phi) is 4.18. The first-order chi connectivity index (χ1) is 9.13. The average Bonchev–Trinajstić information content (AvgIpc) is 2.97. The van der Waals surface area contributed by atoms with Gasteiger partial charge in [-0.15, -0.1) is 0 Å². The molecule has 19 heavy (non-hydrogen) atoms. The van der Waals surface area contributed by atoms with Gasteiger partial charge in [0.15, 0.2) is 5.15 Å². The van der Waals surface area contributed by atoms with Gasteiger partial charge in [0.2, 0.25) is 0 Å². The number of nitrogens with zero attached hydrogens (tertiary/aromatic N) is 2. The fourth-order valence-electron chi connectivity index (χ4n) is 1.72. The van der Waals surface area contributed by atoms with Gasteiger partial charge in [-0.3, -0.25) is 5.10 Å². The molecule has 2 rings (SSSR count). The quantitative estimate of drug-likeness (QED) is 0.744. The van der Waals surface area contributed by atoms with Gasteiger partial charge < -0.3 is 14.9 Å². The molecule has 8 heteroatoms. The zero-order valence-corrected chi connectivity index (χ0v) is 11.0. The molecule has 102 valence electrons. The Bertz CT molecular complexity index is 578. The normalized spacial score (nSPS) is 10.8. The number of rotatable bonds is 6. The van der Waals surface area contributed by atoms with E-state index in [9.17, 15) is 4.79 Å². The molecule has 0 unspecified atom stereocenters. The van der Waals surface area contributed by atoms with Crippen LogP contribution in [-0.2, 0) is 19.5 Å². The first kappa shape index (κ1) is 13.6. The second kappa shape index (κ2) is 5.85. The minimum absolute atomic E-state index is 0.0569. The number of hydrogen-bond donors (Lipinski definition) is 3. The summed E-state index contributed by atoms with van der Waals surface area (Å²) in [6, 6.07) is 0. The van der Waals surface area contributed by atoms with Gasteiger partial charge in [-0.05, 0) is 6.42 Å². The number of nitrogens with one attached hydrogen (secondary N) is 2. The third-order valence-electron chi connectivity index (χ3n) is 2.72. The van der Waals surface area contributed by atoms with Crippen molar-refractivity contribution in [1.82, 2.24) is 20.7 Å². The molecule has 0 amide bonds. The molecule has 2 aromatic heterocycles. The molecule has 0 aliphatic carbocycles. The van der Waals surface area contributed by atoms with Crippen LogP contribution in [0.5, 0.6) is 0 Å². The number of carboxylic acid groups (broad SMARTS) is 1. The lowest BCUT2D eigenvalue weighted by molar-refractivity contribution is 0.0695. The molecule has 0 bridgehead atoms. The molecule has 0 atom stereocenters. The van der Waals surface area contributed by atoms with Crippen LogP contribution in [-0.4, -0.2) is 26.4 Å². The Hall–Kier alpha value is -1.86. The number of halogens is 1. The molecule has 0 radical (unpaired) electrons. The number of carbonyl (C=O) groups is 1. The van der Waals surface area contributed by atoms with Crippen LogP contribution in [0.2, 0.25) is 5.15 Å². The van der Waals surface area contributed by atoms with Crippen LogP contribution in [0, 0.1) is 0 Å². The second-order valence-corrected chi connectivity index (χ2v) is 4.27. The molecular weight excluding hydrogens is 272 g/mol. The summed E-state index contributed by atoms with van der Waals surface area (Å²) in [5, 5.41) is 22.8. The first-order valence-electron chi connectivity index (χ1n) is 5.72. The molecule has 2 aromatic rings. The molecule has 0 saturated heterocycles. The van der Waals surface area contributed by atoms with Crippen molar-refractivity contribution >= 4 is 17.6 Å². The third kappa shape index (κ3) is 2.94. The zero-order chi connectivity index (χ0) is 13.8. The van der Waals surface area contributed by atoms with E-state index in [4.69, 9.17) is 16.7 Å². The third-order valence-corrected chi connectivity index (χ3v) is 3.04. The number of H-pyrrole nitrogens is 1. The van der Waals surface area contributed by atoms with Gasteiger partial charge in [-0.2, -0.15) is 5.10 Å². The highest BCUT2D eigenvalue weighted by atomic mass is 35.5. The molecule has 0 aliphatic rings. The topological polar surface area (TPSA) is 104 Å². The minimum Gasteiger partial charge on any atom is -0.478 e. The van der Waals surface area contributed by atoms with Crippen LogP contribution in [0.15, 0.2) is 10.8 Å². The van der Waals surface area contributed by atoms with Crippen molar-refractivity contribution in [3.63, 3.8) is 0 Å². The lowest BCUT2D eigenvalue weighted by atomic mass is 10.2. The Morgan fingerprint density at radius 2 is 2.37 bits per heavy atom. The molecule has 7 nitrogen and oxygen atoms in total. The van der Waals surface area contributed by atoms with Crippen molar-refractivity contribution < 1.29 is 14.4 Å². The summed E-state index contributed by atoms with van der Waals surface area (Å²) in [5.74, 6) is -1.06. The van der Waals surface area contributed by atoms with Crippen LogP contribution < -0.4 is 5.32 Å². The number of aromatic carboxylic acids is 1. The lowest BCUT2D eigenvalue weighted by Crippen LogP contribution is -2.16. The van der Waals surface area contributed by atoms with Crippen LogP contribution in [0.4, 0.5) is 0 Å². The molecular formula is C11H13ClN4O3. The summed E-state index contributed by atoms with van der Waals surface area (Å²) in [4.78, 5) is 10.9. The Morgan fingerprint density at radius 3 is 3.05 bits per heavy atom. The zero-order valence-electron chi connectivity index (χ0n) is 10.2. The van der Waals surface area contributed by atoms with Gasteiger partial charge >= 0.3 is 5.97 Å². The summed E-state index contributed by atoms with van der Waals surface area (Å²) in [7, 11) is 0. The highest BCUT2D eigenvalue weighted by Gasteiger charge is 2.15. The predicted molar refractivity (Wildman–Crippen MR) is 67.0 cm³/mol. The fourth-order valence-corrected chi connectivity index (χ4v) is 1.94. The van der Waals surface area contributed by atoms with Gasteiger partial charge in [0.05, 0.1) is 0 Å². The largest absolute Gasteiger partial charge is 0.478 e. The first-order valence-corrected chi connectivity index (χ1v) is 6.10. The van der Waals surface area contributed by atoms with Crippen molar-refractivity contribution in [2.24, 2.45) is 0 Å². The lowest BCUT2D eigenvalue weighted by Gasteiger charge is -2.03. The predicted octanol–water partition coefficient (Wildman–Crippen LogP) is 1.60. The maximum Gasteiger partial charge on any atom is 0.341 e. The molecule has 0 aliphatic heterocycles. The number of aryl methyl sites for hydroxylation is 1. The van der Waals surface area contributed by atoms with E-state index in [2.05, 4.69) is 25.2 Å². The Morgan fingerprint density at radius 1 is 1.58 bits per heavy atom. The van der Waals surface area contributed by atoms with E-state index in [1.54, 1.807) is 0 Å². The van der Waals surface area contributed by atoms with Crippen LogP contribution in [0.3, 0.4) is 0 Å². The van der Waals surface area contributed by atoms with E-state index in [0.717, 1.165) is 23.9 Å². The number of carboxylic acids is 1. The van der Waals surface area contributed by atoms with E-state index >= 15 is 0 Å². The highest BCUT2D eigenvalue weighted by molar-refractivity contribution is 6.30. The van der Waals surface area contributed by atoms with Gasteiger partial charge in [-0.1, -0.05) is 23.7 Å². The fraction of sp³-hybridized carbons (Fsp3) is 0.364. The van der Waals surface area contributed by atoms with E-state index in [0.29, 0.717) is 17.4 Å². The summed E-state index contributed by atoms with van der Waals surface area (Å²) >= 11 is 5.96. The van der Waals surface area contributed by atoms with E-state index in [-0.39, 0.29) is 12.1 Å². The molecule has 3 N–H and O–H groups in total. The highest BCUT2D eigenvalue weighted by Crippen LogP contribution is 2.17. The summed E-state index contributed by atoms with van der Waals surface area (Å²) in [5.41, 5.74) is 2.24. The van der Waals surface area contributed by atoms with Crippen molar-refractivity contribution in [2.45, 2.75) is 26.4 Å². The van der Waals surface area contributed by atoms with E-state index < -0.39 is 5.97 Å². The van der Waals surface area contributed by atoms with E-state index in [1.165, 1.54) is 0 Å². The van der Waals surface area contributed by atoms with Gasteiger partial charge in [-0.25, -0.2) is 4.79 Å². The maximum absolute atomic E-state index is 10.9. The summed E-state index contributed by atoms with van der Waals surface area (Å²) < 4.78 is 4.65. The van der Waals surface area contributed by atoms with Crippen molar-refractivity contribution in [2.75, 3.05) is 0 Å². The molecule has 0 fully saturated rings. The summed E-state index contributed by atoms with van der Waals surface area (Å²) in [6.45, 7) is 2.75. The van der Waals surface area contributed by atoms with Crippen LogP contribution in [0.25, 0.3) is 0 Å². The van der Waals surface area contributed by atoms with Gasteiger partial charge in [0.1, 0.15) is 17.5 Å². The molecule has 0 saturated carbocycles. The Balaban J connectivity index is 1.98. The number of aromatic nitrogens is 3. The SMILES string of the molecule is CCc1[nH]nc(Cl)c1CNCc1nocc1C(=O)O.